The Balaban J connectivity index is 2.94. The van der Waals surface area contributed by atoms with E-state index in [2.05, 4.69) is 4.72 Å². The van der Waals surface area contributed by atoms with Crippen LogP contribution in [0.25, 0.3) is 6.08 Å². The Labute approximate surface area is 125 Å². The number of quaternary nitrogens is 1. The predicted octanol–water partition coefficient (Wildman–Crippen LogP) is -1.74. The molecule has 1 aromatic carbocycles. The van der Waals surface area contributed by atoms with E-state index in [0.717, 1.165) is 4.90 Å². The van der Waals surface area contributed by atoms with Gasteiger partial charge in [0.05, 0.1) is 38.0 Å². The summed E-state index contributed by atoms with van der Waals surface area (Å²) in [7, 11) is 0.276. The van der Waals surface area contributed by atoms with Crippen LogP contribution in [0.1, 0.15) is 12.5 Å². The molecule has 0 saturated carbocycles. The molecular weight excluding hydrogens is 292 g/mol. The van der Waals surface area contributed by atoms with Crippen LogP contribution in [-0.2, 0) is 14.8 Å². The first kappa shape index (κ1) is 17.4. The van der Waals surface area contributed by atoms with Crippen molar-refractivity contribution in [1.82, 2.24) is 4.72 Å². The lowest BCUT2D eigenvalue weighted by Gasteiger charge is -2.10. The normalized spacial score (nSPS) is 12.7. The predicted molar refractivity (Wildman–Crippen MR) is 78.0 cm³/mol. The first-order valence-electron chi connectivity index (χ1n) is 6.51. The van der Waals surface area contributed by atoms with Crippen molar-refractivity contribution in [3.63, 3.8) is 0 Å². The number of hydrogen-bond acceptors (Lipinski definition) is 4. The highest BCUT2D eigenvalue weighted by atomic mass is 32.2. The van der Waals surface area contributed by atoms with Crippen molar-refractivity contribution in [3.8, 4) is 0 Å². The van der Waals surface area contributed by atoms with Gasteiger partial charge in [-0.3, -0.25) is 0 Å². The minimum Gasteiger partial charge on any atom is -0.545 e. The first-order chi connectivity index (χ1) is 9.72. The SMILES string of the molecule is C/C(=C\c1cccc(S(=O)(=O)NCC[NH+](C)C)c1)C(=O)[O-]. The molecule has 0 radical (unpaired) electrons. The third kappa shape index (κ3) is 5.66. The topological polar surface area (TPSA) is 90.7 Å². The smallest absolute Gasteiger partial charge is 0.240 e. The number of carboxylic acid groups (broad SMARTS) is 1. The maximum absolute atomic E-state index is 12.1. The number of likely N-dealkylation sites (N-methyl/N-ethyl adjacent to an activating group) is 1. The van der Waals surface area contributed by atoms with Crippen LogP contribution in [0.2, 0.25) is 0 Å². The number of nitrogens with one attached hydrogen (secondary N) is 2. The number of aliphatic carboxylic acids is 1. The molecule has 0 aromatic heterocycles. The van der Waals surface area contributed by atoms with Crippen molar-refractivity contribution in [3.05, 3.63) is 35.4 Å². The summed E-state index contributed by atoms with van der Waals surface area (Å²) in [6.45, 7) is 2.40. The summed E-state index contributed by atoms with van der Waals surface area (Å²) in [5.74, 6) is -1.28. The van der Waals surface area contributed by atoms with Gasteiger partial charge in [-0.05, 0) is 30.2 Å². The quantitative estimate of drug-likeness (QED) is 0.585. The zero-order chi connectivity index (χ0) is 16.0. The fraction of sp³-hybridized carbons (Fsp3) is 0.357. The number of carbonyl (C=O) groups excluding carboxylic acids is 1. The zero-order valence-electron chi connectivity index (χ0n) is 12.3. The first-order valence-corrected chi connectivity index (χ1v) is 7.99. The van der Waals surface area contributed by atoms with Gasteiger partial charge in [-0.25, -0.2) is 13.1 Å². The standard InChI is InChI=1S/C14H20N2O4S/c1-11(14(17)18)9-12-5-4-6-13(10-12)21(19,20)15-7-8-16(2)3/h4-6,9-10,15H,7-8H2,1-3H3,(H,17,18)/b11-9+. The third-order valence-corrected chi connectivity index (χ3v) is 4.25. The molecule has 0 atom stereocenters. The highest BCUT2D eigenvalue weighted by Crippen LogP contribution is 2.13. The van der Waals surface area contributed by atoms with Gasteiger partial charge < -0.3 is 14.8 Å². The van der Waals surface area contributed by atoms with Gasteiger partial charge in [-0.2, -0.15) is 0 Å². The second-order valence-corrected chi connectivity index (χ2v) is 6.81. The van der Waals surface area contributed by atoms with Crippen LogP contribution in [-0.4, -0.2) is 41.6 Å². The van der Waals surface area contributed by atoms with E-state index in [1.807, 2.05) is 14.1 Å². The van der Waals surface area contributed by atoms with Crippen LogP contribution < -0.4 is 14.7 Å². The third-order valence-electron chi connectivity index (χ3n) is 2.79. The van der Waals surface area contributed by atoms with Crippen LogP contribution in [0.3, 0.4) is 0 Å². The average molecular weight is 312 g/mol. The Morgan fingerprint density at radius 3 is 2.62 bits per heavy atom. The Morgan fingerprint density at radius 1 is 1.38 bits per heavy atom. The summed E-state index contributed by atoms with van der Waals surface area (Å²) in [5, 5.41) is 10.7. The van der Waals surface area contributed by atoms with Crippen molar-refractivity contribution < 1.29 is 23.2 Å². The number of carbonyl (C=O) groups is 1. The lowest BCUT2D eigenvalue weighted by atomic mass is 10.1. The molecule has 0 unspecified atom stereocenters. The number of hydrogen-bond donors (Lipinski definition) is 2. The Bertz CT molecular complexity index is 636. The summed E-state index contributed by atoms with van der Waals surface area (Å²) >= 11 is 0. The van der Waals surface area contributed by atoms with Gasteiger partial charge in [0.15, 0.2) is 0 Å². The largest absolute Gasteiger partial charge is 0.545 e. The Hall–Kier alpha value is -1.70. The van der Waals surface area contributed by atoms with E-state index < -0.39 is 16.0 Å². The second kappa shape index (κ2) is 7.35. The molecule has 0 heterocycles. The number of benzene rings is 1. The maximum Gasteiger partial charge on any atom is 0.240 e. The molecule has 0 aliphatic carbocycles. The summed E-state index contributed by atoms with van der Waals surface area (Å²) in [6.07, 6.45) is 1.37. The molecule has 0 aliphatic heterocycles. The minimum atomic E-state index is -3.59. The number of rotatable bonds is 7. The molecule has 0 saturated heterocycles. The van der Waals surface area contributed by atoms with E-state index in [1.165, 1.54) is 25.1 Å². The van der Waals surface area contributed by atoms with Crippen molar-refractivity contribution in [2.45, 2.75) is 11.8 Å². The lowest BCUT2D eigenvalue weighted by molar-refractivity contribution is -0.856. The summed E-state index contributed by atoms with van der Waals surface area (Å²) in [6, 6.07) is 6.10. The molecule has 0 amide bonds. The molecule has 116 valence electrons. The Kier molecular flexibility index (Phi) is 6.07. The maximum atomic E-state index is 12.1. The molecule has 0 aliphatic rings. The van der Waals surface area contributed by atoms with Gasteiger partial charge in [-0.1, -0.05) is 18.2 Å². The van der Waals surface area contributed by atoms with Gasteiger partial charge in [0.2, 0.25) is 10.0 Å². The summed E-state index contributed by atoms with van der Waals surface area (Å²) in [4.78, 5) is 11.9. The molecule has 0 bridgehead atoms. The second-order valence-electron chi connectivity index (χ2n) is 5.04. The van der Waals surface area contributed by atoms with Gasteiger partial charge in [-0.15, -0.1) is 0 Å². The van der Waals surface area contributed by atoms with E-state index >= 15 is 0 Å². The molecular formula is C14H20N2O4S. The van der Waals surface area contributed by atoms with Crippen molar-refractivity contribution in [1.29, 1.82) is 0 Å². The molecule has 1 aromatic rings. The highest BCUT2D eigenvalue weighted by molar-refractivity contribution is 7.89. The van der Waals surface area contributed by atoms with Crippen LogP contribution in [0, 0.1) is 0 Å². The van der Waals surface area contributed by atoms with Gasteiger partial charge in [0.25, 0.3) is 0 Å². The minimum absolute atomic E-state index is 0.0358. The molecule has 0 spiro atoms. The van der Waals surface area contributed by atoms with Gasteiger partial charge in [0, 0.05) is 0 Å². The van der Waals surface area contributed by atoms with E-state index in [-0.39, 0.29) is 10.5 Å². The van der Waals surface area contributed by atoms with Gasteiger partial charge >= 0.3 is 0 Å². The van der Waals surface area contributed by atoms with E-state index in [9.17, 15) is 18.3 Å². The fourth-order valence-corrected chi connectivity index (χ4v) is 2.69. The average Bonchev–Trinajstić information content (AvgIpc) is 2.38. The summed E-state index contributed by atoms with van der Waals surface area (Å²) in [5.41, 5.74) is 0.534. The fourth-order valence-electron chi connectivity index (χ4n) is 1.60. The van der Waals surface area contributed by atoms with Gasteiger partial charge in [0.1, 0.15) is 0 Å². The van der Waals surface area contributed by atoms with Crippen LogP contribution in [0.4, 0.5) is 0 Å². The molecule has 21 heavy (non-hydrogen) atoms. The summed E-state index contributed by atoms with van der Waals surface area (Å²) < 4.78 is 26.7. The van der Waals surface area contributed by atoms with Crippen LogP contribution in [0.15, 0.2) is 34.7 Å². The van der Waals surface area contributed by atoms with Crippen molar-refractivity contribution in [2.24, 2.45) is 0 Å². The monoisotopic (exact) mass is 312 g/mol. The molecule has 6 nitrogen and oxygen atoms in total. The highest BCUT2D eigenvalue weighted by Gasteiger charge is 2.14. The van der Waals surface area contributed by atoms with E-state index in [4.69, 9.17) is 0 Å². The molecule has 7 heteroatoms. The van der Waals surface area contributed by atoms with Crippen molar-refractivity contribution >= 4 is 22.1 Å². The molecule has 2 N–H and O–H groups in total. The lowest BCUT2D eigenvalue weighted by Crippen LogP contribution is -3.06. The molecule has 1 rings (SSSR count). The van der Waals surface area contributed by atoms with Crippen LogP contribution >= 0.6 is 0 Å². The molecule has 0 fully saturated rings. The Morgan fingerprint density at radius 2 is 2.05 bits per heavy atom. The number of carboxylic acids is 1. The van der Waals surface area contributed by atoms with Crippen LogP contribution in [0.5, 0.6) is 0 Å². The van der Waals surface area contributed by atoms with Crippen molar-refractivity contribution in [2.75, 3.05) is 27.2 Å². The van der Waals surface area contributed by atoms with E-state index in [1.54, 1.807) is 12.1 Å². The van der Waals surface area contributed by atoms with E-state index in [0.29, 0.717) is 18.7 Å². The zero-order valence-corrected chi connectivity index (χ0v) is 13.2. The number of sulfonamides is 1.